The van der Waals surface area contributed by atoms with Gasteiger partial charge >= 0.3 is 0 Å². The van der Waals surface area contributed by atoms with Gasteiger partial charge in [0.05, 0.1) is 6.26 Å². The Morgan fingerprint density at radius 1 is 1.09 bits per heavy atom. The van der Waals surface area contributed by atoms with Gasteiger partial charge in [-0.15, -0.1) is 11.3 Å². The summed E-state index contributed by atoms with van der Waals surface area (Å²) in [5.74, 6) is 0.223. The molecule has 5 rings (SSSR count). The fourth-order valence-electron chi connectivity index (χ4n) is 4.41. The smallest absolute Gasteiger partial charge is 0.289 e. The summed E-state index contributed by atoms with van der Waals surface area (Å²) in [5.41, 5.74) is 3.12. The molecule has 0 radical (unpaired) electrons. The lowest BCUT2D eigenvalue weighted by Crippen LogP contribution is -2.55. The first kappa shape index (κ1) is 20.6. The van der Waals surface area contributed by atoms with Gasteiger partial charge in [0, 0.05) is 37.6 Å². The number of hydrogen-bond acceptors (Lipinski definition) is 4. The molecule has 0 spiro atoms. The molecule has 1 aliphatic rings. The summed E-state index contributed by atoms with van der Waals surface area (Å²) in [7, 11) is 0. The number of fused-ring (bicyclic) bond motifs is 1. The van der Waals surface area contributed by atoms with Crippen molar-refractivity contribution in [3.63, 3.8) is 0 Å². The largest absolute Gasteiger partial charge is 0.459 e. The van der Waals surface area contributed by atoms with E-state index in [4.69, 9.17) is 4.42 Å². The number of piperazine rings is 1. The number of carbonyl (C=O) groups excluding carboxylic acids is 2. The van der Waals surface area contributed by atoms with E-state index in [0.29, 0.717) is 37.6 Å². The summed E-state index contributed by atoms with van der Waals surface area (Å²) in [4.78, 5) is 31.1. The topological polar surface area (TPSA) is 58.7 Å². The van der Waals surface area contributed by atoms with Crippen molar-refractivity contribution in [1.29, 1.82) is 0 Å². The number of thiophene rings is 1. The molecular weight excluding hydrogens is 422 g/mol. The number of nitrogens with zero attached hydrogens (tertiary/aromatic N) is 3. The molecule has 1 aromatic carbocycles. The standard InChI is InChI=1S/C25H25N3O3S/c1-17-6-3-4-7-20(17)16-28-21(14-19-9-13-32-25(19)28)23(29)26-10-11-27(18(2)15-26)24(30)22-8-5-12-31-22/h3-9,12-14,18H,10-11,15-16H2,1-2H3/t18-/m1/s1. The zero-order valence-electron chi connectivity index (χ0n) is 18.2. The van der Waals surface area contributed by atoms with E-state index in [1.165, 1.54) is 17.4 Å². The van der Waals surface area contributed by atoms with Crippen LogP contribution in [0.15, 0.2) is 64.6 Å². The van der Waals surface area contributed by atoms with Crippen molar-refractivity contribution in [3.05, 3.63) is 82.8 Å². The Labute approximate surface area is 190 Å². The molecule has 0 N–H and O–H groups in total. The zero-order chi connectivity index (χ0) is 22.2. The lowest BCUT2D eigenvalue weighted by molar-refractivity contribution is 0.0391. The van der Waals surface area contributed by atoms with Crippen LogP contribution in [0.4, 0.5) is 0 Å². The van der Waals surface area contributed by atoms with Crippen LogP contribution < -0.4 is 0 Å². The Hall–Kier alpha value is -3.32. The average Bonchev–Trinajstić information content (AvgIpc) is 3.53. The molecule has 32 heavy (non-hydrogen) atoms. The summed E-state index contributed by atoms with van der Waals surface area (Å²) < 4.78 is 7.41. The number of amides is 2. The van der Waals surface area contributed by atoms with E-state index in [0.717, 1.165) is 10.2 Å². The van der Waals surface area contributed by atoms with Crippen molar-refractivity contribution in [2.75, 3.05) is 19.6 Å². The molecular formula is C25H25N3O3S. The summed E-state index contributed by atoms with van der Waals surface area (Å²) in [6, 6.07) is 15.6. The van der Waals surface area contributed by atoms with Gasteiger partial charge in [0.25, 0.3) is 11.8 Å². The summed E-state index contributed by atoms with van der Waals surface area (Å²) in [5, 5.41) is 3.15. The van der Waals surface area contributed by atoms with Crippen molar-refractivity contribution in [3.8, 4) is 0 Å². The van der Waals surface area contributed by atoms with Crippen LogP contribution in [-0.2, 0) is 6.54 Å². The molecule has 7 heteroatoms. The molecule has 1 fully saturated rings. The van der Waals surface area contributed by atoms with Crippen LogP contribution in [-0.4, -0.2) is 51.9 Å². The Bertz CT molecular complexity index is 1270. The summed E-state index contributed by atoms with van der Waals surface area (Å²) in [6.45, 7) is 6.21. The van der Waals surface area contributed by atoms with E-state index in [1.54, 1.807) is 28.4 Å². The second kappa shape index (κ2) is 8.31. The molecule has 1 atom stereocenters. The molecule has 164 valence electrons. The minimum Gasteiger partial charge on any atom is -0.459 e. The highest BCUT2D eigenvalue weighted by Crippen LogP contribution is 2.28. The van der Waals surface area contributed by atoms with Gasteiger partial charge < -0.3 is 18.8 Å². The molecule has 0 aliphatic carbocycles. The van der Waals surface area contributed by atoms with Gasteiger partial charge in [-0.1, -0.05) is 24.3 Å². The lowest BCUT2D eigenvalue weighted by atomic mass is 10.1. The van der Waals surface area contributed by atoms with Crippen LogP contribution in [0, 0.1) is 6.92 Å². The maximum Gasteiger partial charge on any atom is 0.289 e. The number of carbonyl (C=O) groups is 2. The molecule has 1 saturated heterocycles. The average molecular weight is 448 g/mol. The molecule has 0 bridgehead atoms. The predicted molar refractivity (Wildman–Crippen MR) is 125 cm³/mol. The molecule has 1 aliphatic heterocycles. The highest BCUT2D eigenvalue weighted by molar-refractivity contribution is 7.16. The Kier molecular flexibility index (Phi) is 5.35. The van der Waals surface area contributed by atoms with Crippen LogP contribution in [0.5, 0.6) is 0 Å². The van der Waals surface area contributed by atoms with Gasteiger partial charge in [0.15, 0.2) is 5.76 Å². The first-order chi connectivity index (χ1) is 15.5. The van der Waals surface area contributed by atoms with E-state index < -0.39 is 0 Å². The molecule has 3 aromatic heterocycles. The maximum atomic E-state index is 13.6. The quantitative estimate of drug-likeness (QED) is 0.458. The molecule has 4 aromatic rings. The Balaban J connectivity index is 1.39. The fraction of sp³-hybridized carbons (Fsp3) is 0.280. The molecule has 2 amide bonds. The second-order valence-corrected chi connectivity index (χ2v) is 9.19. The third kappa shape index (κ3) is 3.62. The van der Waals surface area contributed by atoms with E-state index in [9.17, 15) is 9.59 Å². The van der Waals surface area contributed by atoms with E-state index >= 15 is 0 Å². The number of furan rings is 1. The highest BCUT2D eigenvalue weighted by atomic mass is 32.1. The summed E-state index contributed by atoms with van der Waals surface area (Å²) in [6.07, 6.45) is 1.51. The predicted octanol–water partition coefficient (Wildman–Crippen LogP) is 4.64. The Morgan fingerprint density at radius 3 is 2.69 bits per heavy atom. The molecule has 6 nitrogen and oxygen atoms in total. The minimum atomic E-state index is -0.127. The number of hydrogen-bond donors (Lipinski definition) is 0. The van der Waals surface area contributed by atoms with Gasteiger partial charge in [-0.05, 0) is 54.6 Å². The van der Waals surface area contributed by atoms with Gasteiger partial charge in [0.2, 0.25) is 0 Å². The van der Waals surface area contributed by atoms with Gasteiger partial charge in [-0.25, -0.2) is 0 Å². The minimum absolute atomic E-state index is 0.0129. The molecule has 4 heterocycles. The van der Waals surface area contributed by atoms with Gasteiger partial charge in [0.1, 0.15) is 10.5 Å². The maximum absolute atomic E-state index is 13.6. The van der Waals surface area contributed by atoms with Crippen LogP contribution in [0.25, 0.3) is 10.2 Å². The van der Waals surface area contributed by atoms with E-state index in [-0.39, 0.29) is 17.9 Å². The fourth-order valence-corrected chi connectivity index (χ4v) is 5.31. The van der Waals surface area contributed by atoms with Gasteiger partial charge in [-0.3, -0.25) is 9.59 Å². The monoisotopic (exact) mass is 447 g/mol. The number of aryl methyl sites for hydroxylation is 1. The van der Waals surface area contributed by atoms with Crippen LogP contribution >= 0.6 is 11.3 Å². The zero-order valence-corrected chi connectivity index (χ0v) is 19.0. The second-order valence-electron chi connectivity index (χ2n) is 8.30. The normalized spacial score (nSPS) is 16.6. The highest BCUT2D eigenvalue weighted by Gasteiger charge is 2.33. The molecule has 0 saturated carbocycles. The van der Waals surface area contributed by atoms with Crippen molar-refractivity contribution in [1.82, 2.24) is 14.4 Å². The van der Waals surface area contributed by atoms with Crippen LogP contribution in [0.3, 0.4) is 0 Å². The van der Waals surface area contributed by atoms with Crippen molar-refractivity contribution in [2.45, 2.75) is 26.4 Å². The van der Waals surface area contributed by atoms with Crippen molar-refractivity contribution < 1.29 is 14.0 Å². The van der Waals surface area contributed by atoms with E-state index in [1.807, 2.05) is 30.0 Å². The lowest BCUT2D eigenvalue weighted by Gasteiger charge is -2.39. The Morgan fingerprint density at radius 2 is 1.94 bits per heavy atom. The third-order valence-electron chi connectivity index (χ3n) is 6.22. The first-order valence-corrected chi connectivity index (χ1v) is 11.7. The van der Waals surface area contributed by atoms with E-state index in [2.05, 4.69) is 35.1 Å². The van der Waals surface area contributed by atoms with Crippen LogP contribution in [0.1, 0.15) is 39.1 Å². The first-order valence-electron chi connectivity index (χ1n) is 10.8. The number of rotatable bonds is 4. The third-order valence-corrected chi connectivity index (χ3v) is 7.17. The molecule has 0 unspecified atom stereocenters. The number of aromatic nitrogens is 1. The SMILES string of the molecule is Cc1ccccc1Cn1c(C(=O)N2CCN(C(=O)c3ccco3)[C@H](C)C2)cc2ccsc21. The summed E-state index contributed by atoms with van der Waals surface area (Å²) >= 11 is 1.66. The van der Waals surface area contributed by atoms with Crippen molar-refractivity contribution >= 4 is 33.4 Å². The van der Waals surface area contributed by atoms with Crippen molar-refractivity contribution in [2.24, 2.45) is 0 Å². The number of benzene rings is 1. The van der Waals surface area contributed by atoms with Crippen LogP contribution in [0.2, 0.25) is 0 Å². The van der Waals surface area contributed by atoms with Gasteiger partial charge in [-0.2, -0.15) is 0 Å².